The Morgan fingerprint density at radius 2 is 1.96 bits per heavy atom. The van der Waals surface area contributed by atoms with Crippen LogP contribution in [-0.4, -0.2) is 88.7 Å². The Morgan fingerprint density at radius 1 is 1.13 bits per heavy atom. The fraction of sp³-hybridized carbons (Fsp3) is 0.270. The fourth-order valence-corrected chi connectivity index (χ4v) is 7.41. The molecule has 3 N–H and O–H groups in total. The lowest BCUT2D eigenvalue weighted by Crippen LogP contribution is -2.53. The van der Waals surface area contributed by atoms with Gasteiger partial charge in [-0.1, -0.05) is 12.1 Å². The monoisotopic (exact) mass is 741 g/mol. The molecule has 3 aromatic carbocycles. The molecule has 0 spiro atoms. The third kappa shape index (κ3) is 7.07. The molecule has 13 nitrogen and oxygen atoms in total. The summed E-state index contributed by atoms with van der Waals surface area (Å²) in [6.07, 6.45) is -0.168. The Balaban J connectivity index is 1.13. The zero-order valence-corrected chi connectivity index (χ0v) is 29.3. The summed E-state index contributed by atoms with van der Waals surface area (Å²) in [5.74, 6) is -1.40. The maximum absolute atomic E-state index is 14.4. The summed E-state index contributed by atoms with van der Waals surface area (Å²) in [5, 5.41) is 34.7. The lowest BCUT2D eigenvalue weighted by Gasteiger charge is -2.38. The fourth-order valence-electron chi connectivity index (χ4n) is 6.82. The molecule has 2 atom stereocenters. The van der Waals surface area contributed by atoms with Crippen LogP contribution in [0.4, 0.5) is 19.3 Å². The van der Waals surface area contributed by atoms with E-state index < -0.39 is 29.9 Å². The number of nitrogens with one attached hydrogen (secondary N) is 1. The first-order valence-electron chi connectivity index (χ1n) is 16.5. The molecule has 0 radical (unpaired) electrons. The predicted octanol–water partition coefficient (Wildman–Crippen LogP) is 4.52. The molecular weight excluding hydrogens is 709 g/mol. The van der Waals surface area contributed by atoms with Gasteiger partial charge in [0.1, 0.15) is 23.7 Å². The summed E-state index contributed by atoms with van der Waals surface area (Å²) in [6.45, 7) is 3.62. The number of ether oxygens (including phenoxy) is 2. The van der Waals surface area contributed by atoms with Crippen LogP contribution in [0, 0.1) is 29.9 Å². The van der Waals surface area contributed by atoms with Gasteiger partial charge in [-0.3, -0.25) is 14.8 Å². The van der Waals surface area contributed by atoms with Crippen molar-refractivity contribution in [2.75, 3.05) is 44.7 Å². The number of halogens is 2. The molecule has 16 heteroatoms. The quantitative estimate of drug-likeness (QED) is 0.164. The largest absolute Gasteiger partial charge is 0.466 e. The lowest BCUT2D eigenvalue weighted by molar-refractivity contribution is -0.136. The summed E-state index contributed by atoms with van der Waals surface area (Å²) in [6, 6.07) is 13.0. The van der Waals surface area contributed by atoms with Gasteiger partial charge in [0.25, 0.3) is 0 Å². The van der Waals surface area contributed by atoms with Crippen molar-refractivity contribution in [1.29, 1.82) is 5.26 Å². The first-order valence-corrected chi connectivity index (χ1v) is 17.4. The highest BCUT2D eigenvalue weighted by atomic mass is 32.1. The SMILES string of the molecule is COC(=O)C1=C(CN2CCN3C(=O)N(c4ccc(Oc5cc(C(O)O)ccc5F)cc4C#N)C[C@@H]3C2)NC(c2nccs2)=N[C@H]1c1ccc(F)cc1C. The van der Waals surface area contributed by atoms with Crippen molar-refractivity contribution in [3.8, 4) is 17.6 Å². The number of aromatic nitrogens is 1. The molecule has 1 aromatic heterocycles. The molecule has 272 valence electrons. The Bertz CT molecular complexity index is 2190. The number of aliphatic hydroxyl groups excluding tert-OH is 1. The van der Waals surface area contributed by atoms with Crippen LogP contribution < -0.4 is 15.0 Å². The number of carbonyl (C=O) groups is 2. The molecule has 4 heterocycles. The minimum Gasteiger partial charge on any atom is -0.466 e. The molecule has 2 fully saturated rings. The van der Waals surface area contributed by atoms with E-state index in [-0.39, 0.29) is 53.4 Å². The number of fused-ring (bicyclic) bond motifs is 1. The molecule has 0 aliphatic carbocycles. The maximum Gasteiger partial charge on any atom is 0.338 e. The number of rotatable bonds is 9. The molecule has 2 saturated heterocycles. The Hall–Kier alpha value is -5.73. The Labute approximate surface area is 306 Å². The van der Waals surface area contributed by atoms with Crippen molar-refractivity contribution >= 4 is 34.9 Å². The number of amidine groups is 1. The number of hydrogen-bond donors (Lipinski definition) is 3. The van der Waals surface area contributed by atoms with E-state index in [2.05, 4.69) is 21.3 Å². The first-order chi connectivity index (χ1) is 25.5. The summed E-state index contributed by atoms with van der Waals surface area (Å²) in [4.78, 5) is 41.8. The van der Waals surface area contributed by atoms with Crippen LogP contribution in [0.15, 0.2) is 82.4 Å². The van der Waals surface area contributed by atoms with Gasteiger partial charge in [0.2, 0.25) is 0 Å². The van der Waals surface area contributed by atoms with E-state index >= 15 is 0 Å². The number of amides is 2. The molecule has 3 aliphatic rings. The standard InChI is InChI=1S/C37H33F2N7O6S/c1-20-13-23(38)4-6-26(20)32-31(36(49)51-2)28(42-33(43-32)34-41-9-12-53-34)19-44-10-11-45-24(17-44)18-46(37(45)50)29-8-5-25(14-22(29)16-40)52-30-15-21(35(47)48)3-7-27(30)39/h3-9,12-15,24,32,35,47-48H,10-11,17-19H2,1-2H3,(H,42,43)/t24-,32-/m0/s1. The van der Waals surface area contributed by atoms with Crippen LogP contribution in [0.2, 0.25) is 0 Å². The van der Waals surface area contributed by atoms with E-state index in [9.17, 15) is 33.8 Å². The topological polar surface area (TPSA) is 164 Å². The molecular formula is C37H33F2N7O6S. The minimum absolute atomic E-state index is 0.0276. The van der Waals surface area contributed by atoms with Crippen molar-refractivity contribution < 1.29 is 38.1 Å². The van der Waals surface area contributed by atoms with Crippen molar-refractivity contribution in [3.05, 3.63) is 116 Å². The number of carbonyl (C=O) groups excluding carboxylic acids is 2. The number of aryl methyl sites for hydroxylation is 1. The van der Waals surface area contributed by atoms with Crippen molar-refractivity contribution in [1.82, 2.24) is 20.1 Å². The van der Waals surface area contributed by atoms with Gasteiger partial charge in [0.05, 0.1) is 30.0 Å². The zero-order chi connectivity index (χ0) is 37.4. The average molecular weight is 742 g/mol. The summed E-state index contributed by atoms with van der Waals surface area (Å²) >= 11 is 1.38. The van der Waals surface area contributed by atoms with E-state index in [0.29, 0.717) is 53.0 Å². The van der Waals surface area contributed by atoms with Crippen molar-refractivity contribution in [2.24, 2.45) is 4.99 Å². The van der Waals surface area contributed by atoms with E-state index in [0.717, 1.165) is 12.1 Å². The first kappa shape index (κ1) is 35.7. The summed E-state index contributed by atoms with van der Waals surface area (Å²) in [5.41, 5.74) is 2.62. The number of aliphatic imine (C=N–C) groups is 1. The van der Waals surface area contributed by atoms with Gasteiger partial charge in [-0.15, -0.1) is 11.3 Å². The smallest absolute Gasteiger partial charge is 0.338 e. The molecule has 0 bridgehead atoms. The van der Waals surface area contributed by atoms with Gasteiger partial charge in [-0.2, -0.15) is 5.26 Å². The van der Waals surface area contributed by atoms with E-state index in [1.165, 1.54) is 53.7 Å². The number of benzene rings is 3. The normalized spacial score (nSPS) is 18.8. The molecule has 7 rings (SSSR count). The highest BCUT2D eigenvalue weighted by Crippen LogP contribution is 2.37. The highest BCUT2D eigenvalue weighted by molar-refractivity contribution is 7.11. The number of piperazine rings is 1. The molecule has 2 amide bonds. The zero-order valence-electron chi connectivity index (χ0n) is 28.5. The number of urea groups is 1. The molecule has 0 unspecified atom stereocenters. The third-order valence-electron chi connectivity index (χ3n) is 9.37. The number of aliphatic hydroxyl groups is 2. The van der Waals surface area contributed by atoms with Crippen LogP contribution in [0.25, 0.3) is 0 Å². The summed E-state index contributed by atoms with van der Waals surface area (Å²) < 4.78 is 39.5. The van der Waals surface area contributed by atoms with Crippen LogP contribution in [0.1, 0.15) is 39.6 Å². The van der Waals surface area contributed by atoms with E-state index in [1.807, 2.05) is 5.38 Å². The Morgan fingerprint density at radius 3 is 2.68 bits per heavy atom. The van der Waals surface area contributed by atoms with Gasteiger partial charge in [-0.25, -0.2) is 23.4 Å². The highest BCUT2D eigenvalue weighted by Gasteiger charge is 2.43. The number of thiazole rings is 1. The van der Waals surface area contributed by atoms with E-state index in [4.69, 9.17) is 14.5 Å². The number of hydrogen-bond acceptors (Lipinski definition) is 12. The van der Waals surface area contributed by atoms with Crippen molar-refractivity contribution in [3.63, 3.8) is 0 Å². The second-order valence-corrected chi connectivity index (χ2v) is 13.6. The minimum atomic E-state index is -1.83. The van der Waals surface area contributed by atoms with Gasteiger partial charge < -0.3 is 29.9 Å². The molecule has 0 saturated carbocycles. The second-order valence-electron chi connectivity index (χ2n) is 12.7. The molecule has 53 heavy (non-hydrogen) atoms. The lowest BCUT2D eigenvalue weighted by atomic mass is 9.92. The maximum atomic E-state index is 14.4. The van der Waals surface area contributed by atoms with Crippen molar-refractivity contribution in [2.45, 2.75) is 25.3 Å². The molecule has 4 aromatic rings. The number of nitriles is 1. The summed E-state index contributed by atoms with van der Waals surface area (Å²) in [7, 11) is 1.30. The number of anilines is 1. The van der Waals surface area contributed by atoms with Crippen LogP contribution in [-0.2, 0) is 9.53 Å². The van der Waals surface area contributed by atoms with Crippen LogP contribution in [0.5, 0.6) is 11.5 Å². The van der Waals surface area contributed by atoms with Crippen LogP contribution >= 0.6 is 11.3 Å². The third-order valence-corrected chi connectivity index (χ3v) is 10.2. The van der Waals surface area contributed by atoms with Gasteiger partial charge in [-0.05, 0) is 54.4 Å². The average Bonchev–Trinajstić information content (AvgIpc) is 3.80. The van der Waals surface area contributed by atoms with E-state index in [1.54, 1.807) is 30.2 Å². The van der Waals surface area contributed by atoms with Gasteiger partial charge in [0.15, 0.2) is 28.7 Å². The number of esters is 1. The Kier molecular flexibility index (Phi) is 9.90. The van der Waals surface area contributed by atoms with Gasteiger partial charge >= 0.3 is 12.0 Å². The number of methoxy groups -OCH3 is 1. The second kappa shape index (κ2) is 14.7. The van der Waals surface area contributed by atoms with Crippen LogP contribution in [0.3, 0.4) is 0 Å². The predicted molar refractivity (Wildman–Crippen MR) is 189 cm³/mol. The van der Waals surface area contributed by atoms with Gasteiger partial charge in [0, 0.05) is 61.6 Å². The molecule has 3 aliphatic heterocycles. The number of nitrogens with zero attached hydrogens (tertiary/aromatic N) is 6.